The molecule has 0 amide bonds. The molecule has 0 aliphatic heterocycles. The van der Waals surface area contributed by atoms with E-state index in [4.69, 9.17) is 46.6 Å². The van der Waals surface area contributed by atoms with E-state index in [0.717, 1.165) is 0 Å². The fourth-order valence-electron chi connectivity index (χ4n) is 3.42. The van der Waals surface area contributed by atoms with Crippen LogP contribution in [0.4, 0.5) is 0 Å². The Hall–Kier alpha value is -3.35. The number of rotatable bonds is 7. The lowest BCUT2D eigenvalue weighted by atomic mass is 10.1. The second-order valence-electron chi connectivity index (χ2n) is 7.04. The van der Waals surface area contributed by atoms with Crippen molar-refractivity contribution in [3.8, 4) is 34.3 Å². The lowest BCUT2D eigenvalue weighted by molar-refractivity contribution is 0.306. The molecule has 0 aliphatic carbocycles. The first kappa shape index (κ1) is 22.8. The molecule has 1 heterocycles. The molecule has 33 heavy (non-hydrogen) atoms. The molecule has 0 saturated carbocycles. The molecule has 3 aromatic carbocycles. The minimum Gasteiger partial charge on any atom is -0.493 e. The summed E-state index contributed by atoms with van der Waals surface area (Å²) in [6.45, 7) is 0.166. The second-order valence-corrected chi connectivity index (χ2v) is 7.85. The van der Waals surface area contributed by atoms with Gasteiger partial charge >= 0.3 is 0 Å². The predicted octanol–water partition coefficient (Wildman–Crippen LogP) is 6.37. The largest absolute Gasteiger partial charge is 0.493 e. The zero-order valence-corrected chi connectivity index (χ0v) is 19.6. The molecule has 0 spiro atoms. The SMILES string of the molecule is COc1cc(-c2cc(=O)c3cc(OCc4c(Cl)cccc4Cl)ccc3o2)cc(OC)c1OC. The minimum atomic E-state index is -0.221. The summed E-state index contributed by atoms with van der Waals surface area (Å²) in [5, 5.41) is 1.41. The summed E-state index contributed by atoms with van der Waals surface area (Å²) in [4.78, 5) is 12.9. The lowest BCUT2D eigenvalue weighted by Crippen LogP contribution is -2.02. The number of hydrogen-bond donors (Lipinski definition) is 0. The van der Waals surface area contributed by atoms with Crippen molar-refractivity contribution in [2.75, 3.05) is 21.3 Å². The summed E-state index contributed by atoms with van der Waals surface area (Å²) < 4.78 is 28.0. The quantitative estimate of drug-likeness (QED) is 0.302. The van der Waals surface area contributed by atoms with Crippen molar-refractivity contribution < 1.29 is 23.4 Å². The van der Waals surface area contributed by atoms with E-state index in [0.29, 0.717) is 60.9 Å². The van der Waals surface area contributed by atoms with E-state index in [2.05, 4.69) is 0 Å². The highest BCUT2D eigenvalue weighted by Gasteiger charge is 2.17. The summed E-state index contributed by atoms with van der Waals surface area (Å²) in [5.74, 6) is 2.22. The highest BCUT2D eigenvalue weighted by Crippen LogP contribution is 2.41. The van der Waals surface area contributed by atoms with Crippen LogP contribution in [-0.4, -0.2) is 21.3 Å². The van der Waals surface area contributed by atoms with Crippen LogP contribution in [0.3, 0.4) is 0 Å². The molecule has 1 aromatic heterocycles. The third-order valence-corrected chi connectivity index (χ3v) is 5.80. The Morgan fingerprint density at radius 2 is 1.52 bits per heavy atom. The van der Waals surface area contributed by atoms with Crippen LogP contribution in [0.25, 0.3) is 22.3 Å². The standard InChI is InChI=1S/C25H20Cl2O6/c1-29-23-9-14(10-24(30-2)25(23)31-3)22-12-20(28)16-11-15(7-8-21(16)33-22)32-13-17-18(26)5-4-6-19(17)27/h4-12H,13H2,1-3H3. The summed E-state index contributed by atoms with van der Waals surface area (Å²) >= 11 is 12.4. The van der Waals surface area contributed by atoms with Gasteiger partial charge < -0.3 is 23.4 Å². The molecule has 170 valence electrons. The Kier molecular flexibility index (Phi) is 6.67. The van der Waals surface area contributed by atoms with Gasteiger partial charge in [-0.2, -0.15) is 0 Å². The molecule has 0 saturated heterocycles. The molecule has 0 radical (unpaired) electrons. The van der Waals surface area contributed by atoms with Crippen LogP contribution >= 0.6 is 23.2 Å². The van der Waals surface area contributed by atoms with Crippen molar-refractivity contribution in [1.29, 1.82) is 0 Å². The summed E-state index contributed by atoms with van der Waals surface area (Å²) in [6, 6.07) is 15.1. The molecule has 0 atom stereocenters. The smallest absolute Gasteiger partial charge is 0.203 e. The first-order chi connectivity index (χ1) is 15.9. The fraction of sp³-hybridized carbons (Fsp3) is 0.160. The van der Waals surface area contributed by atoms with Crippen molar-refractivity contribution in [3.63, 3.8) is 0 Å². The number of methoxy groups -OCH3 is 3. The molecule has 0 bridgehead atoms. The lowest BCUT2D eigenvalue weighted by Gasteiger charge is -2.14. The molecule has 4 rings (SSSR count). The van der Waals surface area contributed by atoms with E-state index in [-0.39, 0.29) is 12.0 Å². The fourth-order valence-corrected chi connectivity index (χ4v) is 3.92. The monoisotopic (exact) mass is 486 g/mol. The Balaban J connectivity index is 1.69. The van der Waals surface area contributed by atoms with Crippen molar-refractivity contribution in [2.24, 2.45) is 0 Å². The third-order valence-electron chi connectivity index (χ3n) is 5.09. The van der Waals surface area contributed by atoms with Gasteiger partial charge in [0.05, 0.1) is 26.7 Å². The van der Waals surface area contributed by atoms with Crippen LogP contribution in [0.1, 0.15) is 5.56 Å². The van der Waals surface area contributed by atoms with Crippen LogP contribution in [0.2, 0.25) is 10.0 Å². The van der Waals surface area contributed by atoms with E-state index in [1.807, 2.05) is 0 Å². The number of fused-ring (bicyclic) bond motifs is 1. The third kappa shape index (κ3) is 4.58. The van der Waals surface area contributed by atoms with Crippen molar-refractivity contribution in [1.82, 2.24) is 0 Å². The second kappa shape index (κ2) is 9.65. The van der Waals surface area contributed by atoms with Crippen LogP contribution in [0.15, 0.2) is 63.8 Å². The molecule has 0 unspecified atom stereocenters. The first-order valence-corrected chi connectivity index (χ1v) is 10.6. The molecule has 0 N–H and O–H groups in total. The molecule has 0 aliphatic rings. The zero-order chi connectivity index (χ0) is 23.5. The summed E-state index contributed by atoms with van der Waals surface area (Å²) in [6.07, 6.45) is 0. The van der Waals surface area contributed by atoms with Gasteiger partial charge in [0.15, 0.2) is 16.9 Å². The van der Waals surface area contributed by atoms with E-state index >= 15 is 0 Å². The van der Waals surface area contributed by atoms with Crippen LogP contribution in [0, 0.1) is 0 Å². The van der Waals surface area contributed by atoms with Crippen molar-refractivity contribution >= 4 is 34.2 Å². The van der Waals surface area contributed by atoms with E-state index in [9.17, 15) is 4.79 Å². The van der Waals surface area contributed by atoms with Gasteiger partial charge in [0, 0.05) is 27.2 Å². The Labute approximate surface area is 200 Å². The maximum atomic E-state index is 12.9. The topological polar surface area (TPSA) is 67.1 Å². The number of ether oxygens (including phenoxy) is 4. The number of halogens is 2. The van der Waals surface area contributed by atoms with E-state index in [1.54, 1.807) is 48.5 Å². The van der Waals surface area contributed by atoms with E-state index in [1.165, 1.54) is 27.4 Å². The van der Waals surface area contributed by atoms with Crippen LogP contribution in [-0.2, 0) is 6.61 Å². The predicted molar refractivity (Wildman–Crippen MR) is 128 cm³/mol. The van der Waals surface area contributed by atoms with Crippen LogP contribution < -0.4 is 24.4 Å². The Morgan fingerprint density at radius 1 is 0.848 bits per heavy atom. The van der Waals surface area contributed by atoms with Crippen LogP contribution in [0.5, 0.6) is 23.0 Å². The molecule has 8 heteroatoms. The van der Waals surface area contributed by atoms with E-state index < -0.39 is 0 Å². The maximum Gasteiger partial charge on any atom is 0.203 e. The maximum absolute atomic E-state index is 12.9. The molecule has 0 fully saturated rings. The molecule has 6 nitrogen and oxygen atoms in total. The van der Waals surface area contributed by atoms with Gasteiger partial charge in [-0.1, -0.05) is 29.3 Å². The zero-order valence-electron chi connectivity index (χ0n) is 18.1. The summed E-state index contributed by atoms with van der Waals surface area (Å²) in [7, 11) is 4.57. The molecule has 4 aromatic rings. The Morgan fingerprint density at radius 3 is 2.12 bits per heavy atom. The first-order valence-electron chi connectivity index (χ1n) is 9.89. The van der Waals surface area contributed by atoms with Gasteiger partial charge in [-0.15, -0.1) is 0 Å². The summed E-state index contributed by atoms with van der Waals surface area (Å²) in [5.41, 5.74) is 1.47. The number of benzene rings is 3. The normalized spacial score (nSPS) is 10.8. The number of hydrogen-bond acceptors (Lipinski definition) is 6. The van der Waals surface area contributed by atoms with Crippen molar-refractivity contribution in [3.05, 3.63) is 80.4 Å². The molecular weight excluding hydrogens is 467 g/mol. The van der Waals surface area contributed by atoms with Gasteiger partial charge in [0.1, 0.15) is 23.7 Å². The van der Waals surface area contributed by atoms with Gasteiger partial charge in [0.25, 0.3) is 0 Å². The van der Waals surface area contributed by atoms with Crippen molar-refractivity contribution in [2.45, 2.75) is 6.61 Å². The van der Waals surface area contributed by atoms with Gasteiger partial charge in [0.2, 0.25) is 5.75 Å². The van der Waals surface area contributed by atoms with Gasteiger partial charge in [-0.3, -0.25) is 4.79 Å². The highest BCUT2D eigenvalue weighted by molar-refractivity contribution is 6.35. The average Bonchev–Trinajstić information content (AvgIpc) is 2.82. The molecular formula is C25H20Cl2O6. The van der Waals surface area contributed by atoms with Gasteiger partial charge in [-0.25, -0.2) is 0 Å². The van der Waals surface area contributed by atoms with Gasteiger partial charge in [-0.05, 0) is 42.5 Å². The minimum absolute atomic E-state index is 0.166. The highest BCUT2D eigenvalue weighted by atomic mass is 35.5. The Bertz CT molecular complexity index is 1330. The average molecular weight is 487 g/mol.